The minimum Gasteiger partial charge on any atom is -0.508 e. The molecule has 1 heterocycles. The van der Waals surface area contributed by atoms with E-state index in [1.165, 1.54) is 0 Å². The monoisotopic (exact) mass is 328 g/mol. The maximum absolute atomic E-state index is 9.90. The van der Waals surface area contributed by atoms with Crippen molar-refractivity contribution in [2.24, 2.45) is 0 Å². The lowest BCUT2D eigenvalue weighted by molar-refractivity contribution is 0.157. The highest BCUT2D eigenvalue weighted by Crippen LogP contribution is 2.50. The van der Waals surface area contributed by atoms with Crippen LogP contribution in [0.5, 0.6) is 17.2 Å². The fourth-order valence-electron chi connectivity index (χ4n) is 3.01. The van der Waals surface area contributed by atoms with Gasteiger partial charge in [-0.25, -0.2) is 0 Å². The van der Waals surface area contributed by atoms with Crippen LogP contribution in [0.1, 0.15) is 28.7 Å². The molecule has 2 aromatic rings. The van der Waals surface area contributed by atoms with E-state index >= 15 is 0 Å². The Hall–Kier alpha value is -2.50. The average molecular weight is 328 g/mol. The largest absolute Gasteiger partial charge is 0.508 e. The Bertz CT molecular complexity index is 736. The number of aromatic hydroxyl groups is 1. The van der Waals surface area contributed by atoms with Gasteiger partial charge in [-0.15, -0.1) is 0 Å². The molecule has 0 spiro atoms. The fraction of sp³-hybridized carbons (Fsp3) is 0.263. The maximum Gasteiger partial charge on any atom is 0.165 e. The van der Waals surface area contributed by atoms with Crippen molar-refractivity contribution in [1.29, 1.82) is 0 Å². The third-order valence-corrected chi connectivity index (χ3v) is 4.17. The number of methoxy groups -OCH3 is 1. The molecule has 0 radical (unpaired) electrons. The Labute approximate surface area is 140 Å². The molecule has 24 heavy (non-hydrogen) atoms. The molecule has 1 aliphatic rings. The van der Waals surface area contributed by atoms with Crippen LogP contribution in [0.3, 0.4) is 0 Å². The van der Waals surface area contributed by atoms with Crippen molar-refractivity contribution in [2.75, 3.05) is 20.3 Å². The Morgan fingerprint density at radius 3 is 2.54 bits per heavy atom. The summed E-state index contributed by atoms with van der Waals surface area (Å²) >= 11 is 0. The van der Waals surface area contributed by atoms with E-state index < -0.39 is 0 Å². The van der Waals surface area contributed by atoms with E-state index in [1.54, 1.807) is 43.5 Å². The Morgan fingerprint density at radius 2 is 1.92 bits per heavy atom. The van der Waals surface area contributed by atoms with Crippen LogP contribution in [-0.4, -0.2) is 35.6 Å². The summed E-state index contributed by atoms with van der Waals surface area (Å²) < 4.78 is 11.5. The lowest BCUT2D eigenvalue weighted by atomic mass is 9.90. The number of fused-ring (bicyclic) bond motifs is 1. The van der Waals surface area contributed by atoms with Gasteiger partial charge in [-0.2, -0.15) is 0 Å². The third kappa shape index (κ3) is 2.96. The SMILES string of the molecule is COc1cc(/C=C/CO)cc2c1OC(c1ccc(O)cc1)C2CO. The summed E-state index contributed by atoms with van der Waals surface area (Å²) in [6.45, 7) is -0.121. The van der Waals surface area contributed by atoms with E-state index in [4.69, 9.17) is 14.6 Å². The van der Waals surface area contributed by atoms with Crippen LogP contribution < -0.4 is 9.47 Å². The van der Waals surface area contributed by atoms with Crippen molar-refractivity contribution in [1.82, 2.24) is 0 Å². The summed E-state index contributed by atoms with van der Waals surface area (Å²) in [4.78, 5) is 0. The predicted octanol–water partition coefficient (Wildman–Crippen LogP) is 2.62. The number of benzene rings is 2. The summed E-state index contributed by atoms with van der Waals surface area (Å²) in [5.74, 6) is 1.16. The molecule has 5 heteroatoms. The van der Waals surface area contributed by atoms with Gasteiger partial charge in [0.1, 0.15) is 11.9 Å². The molecule has 3 rings (SSSR count). The van der Waals surface area contributed by atoms with Crippen molar-refractivity contribution in [2.45, 2.75) is 12.0 Å². The minimum atomic E-state index is -0.350. The lowest BCUT2D eigenvalue weighted by Crippen LogP contribution is -2.13. The van der Waals surface area contributed by atoms with Gasteiger partial charge in [0.25, 0.3) is 0 Å². The first-order chi connectivity index (χ1) is 11.7. The minimum absolute atomic E-state index is 0.0462. The molecule has 2 atom stereocenters. The Balaban J connectivity index is 2.03. The number of hydrogen-bond acceptors (Lipinski definition) is 5. The highest BCUT2D eigenvalue weighted by Gasteiger charge is 2.37. The van der Waals surface area contributed by atoms with E-state index in [0.717, 1.165) is 16.7 Å². The zero-order chi connectivity index (χ0) is 17.1. The number of aliphatic hydroxyl groups excluding tert-OH is 2. The zero-order valence-corrected chi connectivity index (χ0v) is 13.3. The molecular weight excluding hydrogens is 308 g/mol. The van der Waals surface area contributed by atoms with E-state index in [9.17, 15) is 10.2 Å². The van der Waals surface area contributed by atoms with E-state index in [0.29, 0.717) is 11.5 Å². The molecule has 126 valence electrons. The quantitative estimate of drug-likeness (QED) is 0.786. The maximum atomic E-state index is 9.90. The Kier molecular flexibility index (Phi) is 4.74. The van der Waals surface area contributed by atoms with Crippen molar-refractivity contribution in [3.8, 4) is 17.2 Å². The van der Waals surface area contributed by atoms with Crippen LogP contribution >= 0.6 is 0 Å². The van der Waals surface area contributed by atoms with Crippen LogP contribution in [0.2, 0.25) is 0 Å². The van der Waals surface area contributed by atoms with Gasteiger partial charge in [0.2, 0.25) is 0 Å². The van der Waals surface area contributed by atoms with E-state index in [-0.39, 0.29) is 31.0 Å². The predicted molar refractivity (Wildman–Crippen MR) is 90.4 cm³/mol. The van der Waals surface area contributed by atoms with Crippen LogP contribution in [-0.2, 0) is 0 Å². The van der Waals surface area contributed by atoms with E-state index in [1.807, 2.05) is 12.1 Å². The smallest absolute Gasteiger partial charge is 0.165 e. The van der Waals surface area contributed by atoms with Gasteiger partial charge in [0.05, 0.1) is 26.2 Å². The van der Waals surface area contributed by atoms with Crippen molar-refractivity contribution in [3.63, 3.8) is 0 Å². The second-order valence-electron chi connectivity index (χ2n) is 5.65. The summed E-state index contributed by atoms with van der Waals surface area (Å²) in [6, 6.07) is 10.5. The number of hydrogen-bond donors (Lipinski definition) is 3. The molecule has 0 aliphatic carbocycles. The molecule has 2 unspecified atom stereocenters. The number of phenols is 1. The van der Waals surface area contributed by atoms with Crippen LogP contribution in [0.25, 0.3) is 6.08 Å². The number of phenolic OH excluding ortho intramolecular Hbond substituents is 1. The normalized spacial score (nSPS) is 19.3. The van der Waals surface area contributed by atoms with Gasteiger partial charge >= 0.3 is 0 Å². The van der Waals surface area contributed by atoms with Gasteiger partial charge in [-0.3, -0.25) is 0 Å². The summed E-state index contributed by atoms with van der Waals surface area (Å²) in [5, 5.41) is 28.3. The molecule has 3 N–H and O–H groups in total. The molecule has 2 aromatic carbocycles. The van der Waals surface area contributed by atoms with Gasteiger partial charge < -0.3 is 24.8 Å². The lowest BCUT2D eigenvalue weighted by Gasteiger charge is -2.17. The molecule has 0 bridgehead atoms. The summed E-state index contributed by atoms with van der Waals surface area (Å²) in [6.07, 6.45) is 3.09. The number of aliphatic hydroxyl groups is 2. The molecule has 0 saturated carbocycles. The first kappa shape index (κ1) is 16.4. The van der Waals surface area contributed by atoms with Crippen LogP contribution in [0.4, 0.5) is 0 Å². The Morgan fingerprint density at radius 1 is 1.17 bits per heavy atom. The highest BCUT2D eigenvalue weighted by molar-refractivity contribution is 5.62. The molecule has 0 aromatic heterocycles. The highest BCUT2D eigenvalue weighted by atomic mass is 16.5. The van der Waals surface area contributed by atoms with Crippen molar-refractivity contribution in [3.05, 3.63) is 59.2 Å². The standard InChI is InChI=1S/C19H20O5/c1-23-17-10-12(3-2-8-20)9-15-16(11-21)18(24-19(15)17)13-4-6-14(22)7-5-13/h2-7,9-10,16,18,20-22H,8,11H2,1H3/b3-2+. The molecule has 1 aliphatic heterocycles. The van der Waals surface area contributed by atoms with Gasteiger partial charge in [0.15, 0.2) is 11.5 Å². The second-order valence-corrected chi connectivity index (χ2v) is 5.65. The molecule has 0 amide bonds. The first-order valence-electron chi connectivity index (χ1n) is 7.73. The van der Waals surface area contributed by atoms with E-state index in [2.05, 4.69) is 0 Å². The van der Waals surface area contributed by atoms with Crippen LogP contribution in [0, 0.1) is 0 Å². The average Bonchev–Trinajstić information content (AvgIpc) is 2.98. The molecule has 5 nitrogen and oxygen atoms in total. The van der Waals surface area contributed by atoms with Crippen LogP contribution in [0.15, 0.2) is 42.5 Å². The number of ether oxygens (including phenoxy) is 2. The van der Waals surface area contributed by atoms with Gasteiger partial charge in [0, 0.05) is 5.56 Å². The third-order valence-electron chi connectivity index (χ3n) is 4.17. The van der Waals surface area contributed by atoms with Gasteiger partial charge in [-0.05, 0) is 35.4 Å². The van der Waals surface area contributed by atoms with Gasteiger partial charge in [-0.1, -0.05) is 24.3 Å². The first-order valence-corrected chi connectivity index (χ1v) is 7.73. The zero-order valence-electron chi connectivity index (χ0n) is 13.3. The molecule has 0 saturated heterocycles. The summed E-state index contributed by atoms with van der Waals surface area (Å²) in [5.41, 5.74) is 2.61. The number of rotatable bonds is 5. The second kappa shape index (κ2) is 6.95. The fourth-order valence-corrected chi connectivity index (χ4v) is 3.01. The topological polar surface area (TPSA) is 79.2 Å². The summed E-state index contributed by atoms with van der Waals surface area (Å²) in [7, 11) is 1.57. The van der Waals surface area contributed by atoms with Crippen molar-refractivity contribution < 1.29 is 24.8 Å². The molecule has 0 fully saturated rings. The van der Waals surface area contributed by atoms with Crippen molar-refractivity contribution >= 4 is 6.08 Å². The molecular formula is C19H20O5.